The van der Waals surface area contributed by atoms with E-state index < -0.39 is 35.8 Å². The number of piperidine rings is 1. The Morgan fingerprint density at radius 1 is 0.952 bits per heavy atom. The van der Waals surface area contributed by atoms with Gasteiger partial charge in [-0.05, 0) is 79.1 Å². The molecule has 1 fully saturated rings. The molecular formula is C33H39F2N3O4. The maximum atomic E-state index is 14.0. The zero-order valence-electron chi connectivity index (χ0n) is 24.1. The number of rotatable bonds is 11. The second-order valence-corrected chi connectivity index (χ2v) is 10.9. The van der Waals surface area contributed by atoms with Crippen molar-refractivity contribution in [2.75, 3.05) is 19.6 Å². The van der Waals surface area contributed by atoms with Crippen LogP contribution in [0.4, 0.5) is 8.78 Å². The van der Waals surface area contributed by atoms with Crippen LogP contribution in [-0.2, 0) is 19.4 Å². The lowest BCUT2D eigenvalue weighted by atomic mass is 9.97. The summed E-state index contributed by atoms with van der Waals surface area (Å²) in [5.41, 5.74) is 3.69. The molecule has 0 unspecified atom stereocenters. The first-order chi connectivity index (χ1) is 20.1. The number of amides is 2. The third-order valence-electron chi connectivity index (χ3n) is 7.80. The second-order valence-electron chi connectivity index (χ2n) is 10.9. The van der Waals surface area contributed by atoms with E-state index in [9.17, 15) is 28.6 Å². The van der Waals surface area contributed by atoms with Crippen LogP contribution in [0.5, 0.6) is 0 Å². The zero-order valence-corrected chi connectivity index (χ0v) is 24.1. The van der Waals surface area contributed by atoms with Gasteiger partial charge in [-0.1, -0.05) is 37.3 Å². The van der Waals surface area contributed by atoms with E-state index >= 15 is 0 Å². The topological polar surface area (TPSA) is 102 Å². The van der Waals surface area contributed by atoms with Gasteiger partial charge < -0.3 is 25.7 Å². The Balaban J connectivity index is 1.50. The van der Waals surface area contributed by atoms with Gasteiger partial charge in [-0.2, -0.15) is 0 Å². The zero-order chi connectivity index (χ0) is 30.2. The SMILES string of the molecule is CCc1cccc(CNC[C@@H](O)[C@H](Cc2cc(F)cc(F)c2)NC(=O)c2cccc(C(=O)N3CCC(O)CC3)c2C)c1. The number of halogens is 2. The van der Waals surface area contributed by atoms with Crippen LogP contribution in [0.1, 0.15) is 62.7 Å². The first-order valence-corrected chi connectivity index (χ1v) is 14.4. The van der Waals surface area contributed by atoms with Gasteiger partial charge in [0.2, 0.25) is 0 Å². The quantitative estimate of drug-likeness (QED) is 0.276. The van der Waals surface area contributed by atoms with E-state index in [4.69, 9.17) is 0 Å². The Morgan fingerprint density at radius 3 is 2.29 bits per heavy atom. The van der Waals surface area contributed by atoms with Crippen molar-refractivity contribution >= 4 is 11.8 Å². The predicted molar refractivity (Wildman–Crippen MR) is 157 cm³/mol. The van der Waals surface area contributed by atoms with Gasteiger partial charge in [-0.3, -0.25) is 9.59 Å². The average Bonchev–Trinajstić information content (AvgIpc) is 2.96. The van der Waals surface area contributed by atoms with Gasteiger partial charge in [-0.15, -0.1) is 0 Å². The van der Waals surface area contributed by atoms with E-state index in [1.54, 1.807) is 30.0 Å². The number of hydrogen-bond acceptors (Lipinski definition) is 5. The van der Waals surface area contributed by atoms with Crippen molar-refractivity contribution in [3.05, 3.63) is 106 Å². The Kier molecular flexibility index (Phi) is 10.8. The monoisotopic (exact) mass is 579 g/mol. The van der Waals surface area contributed by atoms with Gasteiger partial charge in [0.25, 0.3) is 11.8 Å². The fourth-order valence-corrected chi connectivity index (χ4v) is 5.33. The number of carbonyl (C=O) groups excluding carboxylic acids is 2. The van der Waals surface area contributed by atoms with Crippen LogP contribution < -0.4 is 10.6 Å². The fourth-order valence-electron chi connectivity index (χ4n) is 5.33. The standard InChI is InChI=1S/C33H39F2N3O4/c1-3-22-6-4-7-23(14-22)19-36-20-31(40)30(17-24-15-25(34)18-26(35)16-24)37-32(41)28-8-5-9-29(21(28)2)33(42)38-12-10-27(39)11-13-38/h4-9,14-16,18,27,30-31,36,39-40H,3,10-13,17,19-20H2,1-2H3,(H,37,41)/t30-,31+/m0/s1. The third-order valence-corrected chi connectivity index (χ3v) is 7.80. The van der Waals surface area contributed by atoms with Crippen molar-refractivity contribution in [1.29, 1.82) is 0 Å². The molecule has 0 spiro atoms. The molecule has 3 aromatic rings. The van der Waals surface area contributed by atoms with Gasteiger partial charge in [0.15, 0.2) is 0 Å². The van der Waals surface area contributed by atoms with E-state index in [-0.39, 0.29) is 24.4 Å². The van der Waals surface area contributed by atoms with Crippen molar-refractivity contribution in [2.24, 2.45) is 0 Å². The molecule has 1 aliphatic heterocycles. The van der Waals surface area contributed by atoms with Crippen LogP contribution in [-0.4, -0.2) is 64.8 Å². The average molecular weight is 580 g/mol. The summed E-state index contributed by atoms with van der Waals surface area (Å²) in [4.78, 5) is 28.4. The summed E-state index contributed by atoms with van der Waals surface area (Å²) in [6.07, 6.45) is 0.398. The summed E-state index contributed by atoms with van der Waals surface area (Å²) in [7, 11) is 0. The normalized spacial score (nSPS) is 15.3. The molecule has 1 heterocycles. The van der Waals surface area contributed by atoms with Crippen molar-refractivity contribution in [3.63, 3.8) is 0 Å². The lowest BCUT2D eigenvalue weighted by Crippen LogP contribution is -2.49. The number of hydrogen-bond donors (Lipinski definition) is 4. The molecule has 9 heteroatoms. The molecule has 3 aromatic carbocycles. The molecule has 42 heavy (non-hydrogen) atoms. The van der Waals surface area contributed by atoms with E-state index in [1.165, 1.54) is 17.7 Å². The highest BCUT2D eigenvalue weighted by atomic mass is 19.1. The summed E-state index contributed by atoms with van der Waals surface area (Å²) in [5.74, 6) is -2.21. The molecule has 2 amide bonds. The predicted octanol–water partition coefficient (Wildman–Crippen LogP) is 3.92. The lowest BCUT2D eigenvalue weighted by molar-refractivity contribution is 0.0546. The molecule has 224 valence electrons. The Morgan fingerprint density at radius 2 is 1.60 bits per heavy atom. The van der Waals surface area contributed by atoms with Gasteiger partial charge >= 0.3 is 0 Å². The van der Waals surface area contributed by atoms with Crippen molar-refractivity contribution in [2.45, 2.75) is 64.3 Å². The molecule has 0 aromatic heterocycles. The largest absolute Gasteiger partial charge is 0.393 e. The Hall–Kier alpha value is -3.66. The van der Waals surface area contributed by atoms with Crippen LogP contribution in [0.15, 0.2) is 60.7 Å². The lowest BCUT2D eigenvalue weighted by Gasteiger charge is -2.30. The molecule has 0 aliphatic carbocycles. The van der Waals surface area contributed by atoms with Gasteiger partial charge in [0, 0.05) is 43.4 Å². The smallest absolute Gasteiger partial charge is 0.254 e. The molecule has 7 nitrogen and oxygen atoms in total. The number of carbonyl (C=O) groups is 2. The van der Waals surface area contributed by atoms with Crippen molar-refractivity contribution < 1.29 is 28.6 Å². The van der Waals surface area contributed by atoms with Crippen LogP contribution in [0, 0.1) is 18.6 Å². The third kappa shape index (κ3) is 8.21. The highest BCUT2D eigenvalue weighted by Gasteiger charge is 2.27. The molecule has 2 atom stereocenters. The van der Waals surface area contributed by atoms with Gasteiger partial charge in [0.1, 0.15) is 11.6 Å². The number of benzene rings is 3. The summed E-state index contributed by atoms with van der Waals surface area (Å²) in [6.45, 7) is 5.26. The molecular weight excluding hydrogens is 540 g/mol. The Bertz CT molecular complexity index is 1370. The first kappa shape index (κ1) is 31.3. The molecule has 0 radical (unpaired) electrons. The minimum absolute atomic E-state index is 0.0115. The molecule has 4 N–H and O–H groups in total. The van der Waals surface area contributed by atoms with E-state index in [2.05, 4.69) is 23.6 Å². The van der Waals surface area contributed by atoms with Crippen LogP contribution in [0.25, 0.3) is 0 Å². The number of aliphatic hydroxyl groups excluding tert-OH is 2. The van der Waals surface area contributed by atoms with Gasteiger partial charge in [-0.25, -0.2) is 8.78 Å². The number of nitrogens with one attached hydrogen (secondary N) is 2. The van der Waals surface area contributed by atoms with Gasteiger partial charge in [0.05, 0.1) is 18.2 Å². The maximum Gasteiger partial charge on any atom is 0.254 e. The van der Waals surface area contributed by atoms with E-state index in [0.717, 1.165) is 18.1 Å². The van der Waals surface area contributed by atoms with Crippen molar-refractivity contribution in [3.8, 4) is 0 Å². The Labute approximate surface area is 245 Å². The minimum atomic E-state index is -1.08. The molecule has 0 saturated carbocycles. The summed E-state index contributed by atoms with van der Waals surface area (Å²) in [6, 6.07) is 15.2. The van der Waals surface area contributed by atoms with E-state index in [1.807, 2.05) is 18.2 Å². The summed E-state index contributed by atoms with van der Waals surface area (Å²) in [5, 5.41) is 27.0. The fraction of sp³-hybridized carbons (Fsp3) is 0.394. The number of aryl methyl sites for hydroxylation is 1. The highest BCUT2D eigenvalue weighted by Crippen LogP contribution is 2.20. The summed E-state index contributed by atoms with van der Waals surface area (Å²) >= 11 is 0. The summed E-state index contributed by atoms with van der Waals surface area (Å²) < 4.78 is 27.9. The number of nitrogens with zero attached hydrogens (tertiary/aromatic N) is 1. The maximum absolute atomic E-state index is 14.0. The second kappa shape index (κ2) is 14.5. The van der Waals surface area contributed by atoms with Crippen molar-refractivity contribution in [1.82, 2.24) is 15.5 Å². The van der Waals surface area contributed by atoms with Crippen LogP contribution >= 0.6 is 0 Å². The number of aliphatic hydroxyl groups is 2. The van der Waals surface area contributed by atoms with Crippen LogP contribution in [0.3, 0.4) is 0 Å². The molecule has 1 aliphatic rings. The first-order valence-electron chi connectivity index (χ1n) is 14.4. The highest BCUT2D eigenvalue weighted by molar-refractivity contribution is 6.02. The number of likely N-dealkylation sites (tertiary alicyclic amines) is 1. The van der Waals surface area contributed by atoms with Crippen LogP contribution in [0.2, 0.25) is 0 Å². The molecule has 0 bridgehead atoms. The van der Waals surface area contributed by atoms with E-state index in [0.29, 0.717) is 49.2 Å². The minimum Gasteiger partial charge on any atom is -0.393 e. The molecule has 4 rings (SSSR count). The molecule has 1 saturated heterocycles.